The fourth-order valence-electron chi connectivity index (χ4n) is 1.93. The van der Waals surface area contributed by atoms with E-state index in [2.05, 4.69) is 9.84 Å². The number of aryl methyl sites for hydroxylation is 1. The van der Waals surface area contributed by atoms with Crippen molar-refractivity contribution < 1.29 is 14.3 Å². The smallest absolute Gasteiger partial charge is 0.344 e. The molecule has 0 aliphatic heterocycles. The molecule has 114 valence electrons. The van der Waals surface area contributed by atoms with E-state index in [0.717, 1.165) is 11.8 Å². The van der Waals surface area contributed by atoms with Gasteiger partial charge in [0, 0.05) is 5.02 Å². The summed E-state index contributed by atoms with van der Waals surface area (Å²) in [6.45, 7) is 1.42. The van der Waals surface area contributed by atoms with Crippen LogP contribution in [-0.2, 0) is 4.74 Å². The van der Waals surface area contributed by atoms with Crippen molar-refractivity contribution in [3.63, 3.8) is 0 Å². The van der Waals surface area contributed by atoms with Crippen LogP contribution in [0.25, 0.3) is 5.69 Å². The molecule has 0 bridgehead atoms. The third-order valence-electron chi connectivity index (χ3n) is 2.95. The Morgan fingerprint density at radius 3 is 2.36 bits per heavy atom. The van der Waals surface area contributed by atoms with Crippen molar-refractivity contribution in [2.75, 3.05) is 7.11 Å². The molecule has 1 amide bonds. The number of carbonyl (C=O) groups is 2. The molecule has 0 spiro atoms. The predicted molar refractivity (Wildman–Crippen MR) is 79.4 cm³/mol. The van der Waals surface area contributed by atoms with Crippen molar-refractivity contribution >= 4 is 23.5 Å². The van der Waals surface area contributed by atoms with Crippen LogP contribution in [0.4, 0.5) is 0 Å². The van der Waals surface area contributed by atoms with Gasteiger partial charge in [0.15, 0.2) is 0 Å². The first kappa shape index (κ1) is 15.7. The largest absolute Gasteiger partial charge is 0.465 e. The molecule has 2 N–H and O–H groups in total. The van der Waals surface area contributed by atoms with Crippen molar-refractivity contribution in [3.05, 3.63) is 56.5 Å². The SMILES string of the molecule is COC(=O)c1c(C(N)=O)n(-c2ccc(Cl)cc2)nc(C)c1=O. The lowest BCUT2D eigenvalue weighted by molar-refractivity contribution is 0.0593. The Labute approximate surface area is 130 Å². The summed E-state index contributed by atoms with van der Waals surface area (Å²) in [5.41, 5.74) is 4.28. The van der Waals surface area contributed by atoms with Gasteiger partial charge in [0.25, 0.3) is 5.91 Å². The first-order chi connectivity index (χ1) is 10.4. The number of amides is 1. The van der Waals surface area contributed by atoms with Crippen LogP contribution in [0.3, 0.4) is 0 Å². The van der Waals surface area contributed by atoms with Crippen LogP contribution >= 0.6 is 11.6 Å². The Morgan fingerprint density at radius 2 is 1.86 bits per heavy atom. The van der Waals surface area contributed by atoms with E-state index < -0.39 is 22.9 Å². The Hall–Kier alpha value is -2.67. The molecular formula is C14H12ClN3O4. The number of nitrogens with two attached hydrogens (primary N) is 1. The van der Waals surface area contributed by atoms with Crippen LogP contribution in [0.2, 0.25) is 5.02 Å². The molecule has 0 saturated carbocycles. The van der Waals surface area contributed by atoms with Crippen LogP contribution in [-0.4, -0.2) is 28.8 Å². The topological polar surface area (TPSA) is 104 Å². The van der Waals surface area contributed by atoms with Crippen molar-refractivity contribution in [2.24, 2.45) is 5.73 Å². The van der Waals surface area contributed by atoms with Crippen molar-refractivity contribution in [1.29, 1.82) is 0 Å². The molecule has 1 aromatic carbocycles. The molecule has 1 aromatic heterocycles. The van der Waals surface area contributed by atoms with E-state index in [-0.39, 0.29) is 11.4 Å². The summed E-state index contributed by atoms with van der Waals surface area (Å²) < 4.78 is 5.69. The Balaban J connectivity index is 2.87. The second-order valence-electron chi connectivity index (χ2n) is 4.38. The van der Waals surface area contributed by atoms with Gasteiger partial charge in [-0.1, -0.05) is 11.6 Å². The van der Waals surface area contributed by atoms with Gasteiger partial charge in [-0.15, -0.1) is 0 Å². The Morgan fingerprint density at radius 1 is 1.27 bits per heavy atom. The van der Waals surface area contributed by atoms with Gasteiger partial charge >= 0.3 is 5.97 Å². The molecule has 7 nitrogen and oxygen atoms in total. The molecule has 0 unspecified atom stereocenters. The molecular weight excluding hydrogens is 310 g/mol. The van der Waals surface area contributed by atoms with Crippen LogP contribution in [0.1, 0.15) is 26.5 Å². The van der Waals surface area contributed by atoms with Gasteiger partial charge in [-0.3, -0.25) is 9.59 Å². The molecule has 0 fully saturated rings. The second kappa shape index (κ2) is 5.98. The van der Waals surface area contributed by atoms with Crippen molar-refractivity contribution in [3.8, 4) is 5.69 Å². The third-order valence-corrected chi connectivity index (χ3v) is 3.20. The van der Waals surface area contributed by atoms with Crippen molar-refractivity contribution in [2.45, 2.75) is 6.92 Å². The van der Waals surface area contributed by atoms with Gasteiger partial charge in [-0.05, 0) is 31.2 Å². The monoisotopic (exact) mass is 321 g/mol. The van der Waals surface area contributed by atoms with Crippen LogP contribution in [0.15, 0.2) is 29.1 Å². The lowest BCUT2D eigenvalue weighted by Gasteiger charge is -2.14. The zero-order chi connectivity index (χ0) is 16.4. The lowest BCUT2D eigenvalue weighted by atomic mass is 10.1. The zero-order valence-electron chi connectivity index (χ0n) is 11.8. The molecule has 0 saturated heterocycles. The van der Waals surface area contributed by atoms with E-state index in [1.54, 1.807) is 24.3 Å². The molecule has 1 heterocycles. The number of ether oxygens (including phenoxy) is 1. The highest BCUT2D eigenvalue weighted by atomic mass is 35.5. The molecule has 0 aliphatic carbocycles. The predicted octanol–water partition coefficient (Wildman–Crippen LogP) is 1.08. The minimum Gasteiger partial charge on any atom is -0.465 e. The maximum Gasteiger partial charge on any atom is 0.344 e. The highest BCUT2D eigenvalue weighted by Gasteiger charge is 2.26. The van der Waals surface area contributed by atoms with Gasteiger partial charge in [0.1, 0.15) is 17.0 Å². The number of carbonyl (C=O) groups excluding carboxylic acids is 2. The molecule has 22 heavy (non-hydrogen) atoms. The average molecular weight is 322 g/mol. The number of rotatable bonds is 3. The van der Waals surface area contributed by atoms with Crippen LogP contribution in [0, 0.1) is 6.92 Å². The number of aromatic nitrogens is 2. The van der Waals surface area contributed by atoms with E-state index in [9.17, 15) is 14.4 Å². The molecule has 2 aromatic rings. The van der Waals surface area contributed by atoms with E-state index >= 15 is 0 Å². The second-order valence-corrected chi connectivity index (χ2v) is 4.82. The van der Waals surface area contributed by atoms with E-state index in [1.807, 2.05) is 0 Å². The minimum atomic E-state index is -0.972. The average Bonchev–Trinajstić information content (AvgIpc) is 2.49. The number of primary amides is 1. The fraction of sp³-hybridized carbons (Fsp3) is 0.143. The van der Waals surface area contributed by atoms with E-state index in [4.69, 9.17) is 17.3 Å². The molecule has 8 heteroatoms. The van der Waals surface area contributed by atoms with Gasteiger partial charge in [-0.25, -0.2) is 9.48 Å². The molecule has 2 rings (SSSR count). The number of hydrogen-bond acceptors (Lipinski definition) is 5. The Kier molecular flexibility index (Phi) is 4.27. The molecule has 0 atom stereocenters. The van der Waals surface area contributed by atoms with Crippen LogP contribution < -0.4 is 11.2 Å². The summed E-state index contributed by atoms with van der Waals surface area (Å²) in [5, 5.41) is 4.51. The Bertz CT molecular complexity index is 812. The number of nitrogens with zero attached hydrogens (tertiary/aromatic N) is 2. The third kappa shape index (κ3) is 2.71. The van der Waals surface area contributed by atoms with E-state index in [1.165, 1.54) is 6.92 Å². The van der Waals surface area contributed by atoms with Gasteiger partial charge in [0.2, 0.25) is 5.43 Å². The number of esters is 1. The summed E-state index contributed by atoms with van der Waals surface area (Å²) >= 11 is 5.82. The van der Waals surface area contributed by atoms with Gasteiger partial charge in [-0.2, -0.15) is 5.10 Å². The molecule has 0 radical (unpaired) electrons. The number of methoxy groups -OCH3 is 1. The summed E-state index contributed by atoms with van der Waals surface area (Å²) in [5.74, 6) is -1.92. The molecule has 0 aliphatic rings. The van der Waals surface area contributed by atoms with E-state index in [0.29, 0.717) is 10.7 Å². The standard InChI is InChI=1S/C14H12ClN3O4/c1-7-12(19)10(14(21)22-2)11(13(16)20)18(17-7)9-5-3-8(15)4-6-9/h3-6H,1-2H3,(H2,16,20). The fourth-order valence-corrected chi connectivity index (χ4v) is 2.05. The number of benzene rings is 1. The highest BCUT2D eigenvalue weighted by molar-refractivity contribution is 6.30. The summed E-state index contributed by atoms with van der Waals surface area (Å²) in [6.07, 6.45) is 0. The zero-order valence-corrected chi connectivity index (χ0v) is 12.5. The maximum atomic E-state index is 12.1. The quantitative estimate of drug-likeness (QED) is 0.852. The normalized spacial score (nSPS) is 10.3. The summed E-state index contributed by atoms with van der Waals surface area (Å²) in [4.78, 5) is 35.7. The number of hydrogen-bond donors (Lipinski definition) is 1. The number of halogens is 1. The van der Waals surface area contributed by atoms with Gasteiger partial charge in [0.05, 0.1) is 12.8 Å². The summed E-state index contributed by atoms with van der Waals surface area (Å²) in [7, 11) is 1.11. The first-order valence-electron chi connectivity index (χ1n) is 6.14. The van der Waals surface area contributed by atoms with Crippen molar-refractivity contribution in [1.82, 2.24) is 9.78 Å². The first-order valence-corrected chi connectivity index (χ1v) is 6.52. The minimum absolute atomic E-state index is 0.0281. The maximum absolute atomic E-state index is 12.1. The highest BCUT2D eigenvalue weighted by Crippen LogP contribution is 2.16. The van der Waals surface area contributed by atoms with Gasteiger partial charge < -0.3 is 10.5 Å². The lowest BCUT2D eigenvalue weighted by Crippen LogP contribution is -2.32. The van der Waals surface area contributed by atoms with Crippen LogP contribution in [0.5, 0.6) is 0 Å². The summed E-state index contributed by atoms with van der Waals surface area (Å²) in [6, 6.07) is 6.31.